The van der Waals surface area contributed by atoms with E-state index in [1.807, 2.05) is 13.8 Å². The topological polar surface area (TPSA) is 83.5 Å². The Hall–Kier alpha value is -1.70. The molecule has 8 heteroatoms. The predicted molar refractivity (Wildman–Crippen MR) is 96.6 cm³/mol. The molecule has 7 nitrogen and oxygen atoms in total. The second kappa shape index (κ2) is 7.27. The molecule has 2 fully saturated rings. The predicted octanol–water partition coefficient (Wildman–Crippen LogP) is 1.42. The molecule has 138 valence electrons. The van der Waals surface area contributed by atoms with Gasteiger partial charge in [-0.1, -0.05) is 0 Å². The van der Waals surface area contributed by atoms with Crippen LogP contribution >= 0.6 is 0 Å². The van der Waals surface area contributed by atoms with Crippen LogP contribution in [0, 0.1) is 6.92 Å². The van der Waals surface area contributed by atoms with E-state index in [2.05, 4.69) is 14.9 Å². The van der Waals surface area contributed by atoms with Gasteiger partial charge in [0.15, 0.2) is 9.84 Å². The van der Waals surface area contributed by atoms with Gasteiger partial charge in [-0.2, -0.15) is 0 Å². The Bertz CT molecular complexity index is 744. The van der Waals surface area contributed by atoms with Crippen LogP contribution in [-0.2, 0) is 9.84 Å². The van der Waals surface area contributed by atoms with Gasteiger partial charge in [0, 0.05) is 31.4 Å². The molecule has 0 N–H and O–H groups in total. The molecule has 3 heterocycles. The number of piperidine rings is 1. The molecule has 1 aromatic rings. The van der Waals surface area contributed by atoms with Gasteiger partial charge in [-0.3, -0.25) is 4.79 Å². The van der Waals surface area contributed by atoms with E-state index in [4.69, 9.17) is 0 Å². The number of hydrogen-bond donors (Lipinski definition) is 0. The molecule has 1 aromatic heterocycles. The van der Waals surface area contributed by atoms with E-state index in [1.165, 1.54) is 6.42 Å². The number of sulfone groups is 1. The summed E-state index contributed by atoms with van der Waals surface area (Å²) in [5.41, 5.74) is 1.12. The molecular weight excluding hydrogens is 340 g/mol. The highest BCUT2D eigenvalue weighted by Crippen LogP contribution is 2.21. The maximum Gasteiger partial charge on any atom is 0.272 e. The quantitative estimate of drug-likeness (QED) is 0.801. The van der Waals surface area contributed by atoms with E-state index >= 15 is 0 Å². The van der Waals surface area contributed by atoms with Crippen LogP contribution in [0.2, 0.25) is 0 Å². The fourth-order valence-corrected chi connectivity index (χ4v) is 5.36. The Morgan fingerprint density at radius 2 is 2.00 bits per heavy atom. The van der Waals surface area contributed by atoms with E-state index in [0.717, 1.165) is 31.6 Å². The van der Waals surface area contributed by atoms with Crippen LogP contribution in [0.5, 0.6) is 0 Å². The van der Waals surface area contributed by atoms with Crippen LogP contribution in [0.25, 0.3) is 0 Å². The lowest BCUT2D eigenvalue weighted by Crippen LogP contribution is -2.41. The van der Waals surface area contributed by atoms with Gasteiger partial charge in [-0.15, -0.1) is 0 Å². The van der Waals surface area contributed by atoms with Crippen LogP contribution in [0.15, 0.2) is 6.07 Å². The van der Waals surface area contributed by atoms with Gasteiger partial charge in [0.05, 0.1) is 11.5 Å². The fraction of sp³-hybridized carbons (Fsp3) is 0.706. The molecule has 1 atom stereocenters. The van der Waals surface area contributed by atoms with Crippen molar-refractivity contribution in [2.75, 3.05) is 36.0 Å². The summed E-state index contributed by atoms with van der Waals surface area (Å²) in [6.45, 7) is 6.04. The zero-order chi connectivity index (χ0) is 18.0. The Morgan fingerprint density at radius 3 is 2.60 bits per heavy atom. The van der Waals surface area contributed by atoms with Gasteiger partial charge in [0.2, 0.25) is 5.95 Å². The van der Waals surface area contributed by atoms with Gasteiger partial charge in [-0.05, 0) is 45.6 Å². The molecule has 3 rings (SSSR count). The van der Waals surface area contributed by atoms with E-state index in [9.17, 15) is 13.2 Å². The molecule has 25 heavy (non-hydrogen) atoms. The monoisotopic (exact) mass is 366 g/mol. The first-order chi connectivity index (χ1) is 11.9. The number of carbonyl (C=O) groups is 1. The highest BCUT2D eigenvalue weighted by Gasteiger charge is 2.35. The summed E-state index contributed by atoms with van der Waals surface area (Å²) in [5, 5.41) is 0. The van der Waals surface area contributed by atoms with Crippen LogP contribution in [-0.4, -0.2) is 66.4 Å². The normalized spacial score (nSPS) is 22.8. The van der Waals surface area contributed by atoms with Crippen LogP contribution in [0.1, 0.15) is 48.8 Å². The van der Waals surface area contributed by atoms with E-state index in [-0.39, 0.29) is 23.5 Å². The lowest BCUT2D eigenvalue weighted by atomic mass is 10.1. The van der Waals surface area contributed by atoms with E-state index in [0.29, 0.717) is 24.6 Å². The van der Waals surface area contributed by atoms with Crippen LogP contribution in [0.3, 0.4) is 0 Å². The van der Waals surface area contributed by atoms with Gasteiger partial charge < -0.3 is 9.80 Å². The average Bonchev–Trinajstić information content (AvgIpc) is 2.95. The number of rotatable bonds is 4. The lowest BCUT2D eigenvalue weighted by molar-refractivity contribution is 0.0702. The number of anilines is 1. The molecule has 2 aliphatic rings. The lowest BCUT2D eigenvalue weighted by Gasteiger charge is -2.29. The molecule has 2 aliphatic heterocycles. The molecule has 0 bridgehead atoms. The first kappa shape index (κ1) is 18.1. The minimum absolute atomic E-state index is 0.0512. The van der Waals surface area contributed by atoms with Gasteiger partial charge in [-0.25, -0.2) is 18.4 Å². The Labute approximate surface area is 149 Å². The third-order valence-electron chi connectivity index (χ3n) is 4.95. The van der Waals surface area contributed by atoms with Crippen molar-refractivity contribution in [1.82, 2.24) is 14.9 Å². The number of amides is 1. The maximum absolute atomic E-state index is 13.0. The fourth-order valence-electron chi connectivity index (χ4n) is 3.63. The number of hydrogen-bond acceptors (Lipinski definition) is 6. The van der Waals surface area contributed by atoms with Crippen molar-refractivity contribution < 1.29 is 13.2 Å². The third kappa shape index (κ3) is 4.11. The second-order valence-electron chi connectivity index (χ2n) is 6.89. The summed E-state index contributed by atoms with van der Waals surface area (Å²) in [6.07, 6.45) is 3.95. The first-order valence-corrected chi connectivity index (χ1v) is 10.8. The standard InChI is InChI=1S/C17H26N4O3S/c1-3-21(14-7-10-25(23,24)12-14)16(22)15-11-13(2)18-17(19-15)20-8-5-4-6-9-20/h11,14H,3-10,12H2,1-2H3. The number of aromatic nitrogens is 2. The number of aryl methyl sites for hydroxylation is 1. The summed E-state index contributed by atoms with van der Waals surface area (Å²) in [4.78, 5) is 25.8. The zero-order valence-electron chi connectivity index (χ0n) is 14.9. The SMILES string of the molecule is CCN(C(=O)c1cc(C)nc(N2CCCCC2)n1)C1CCS(=O)(=O)C1. The minimum atomic E-state index is -3.03. The maximum atomic E-state index is 13.0. The third-order valence-corrected chi connectivity index (χ3v) is 6.70. The molecule has 0 aromatic carbocycles. The largest absolute Gasteiger partial charge is 0.341 e. The molecule has 1 unspecified atom stereocenters. The van der Waals surface area contributed by atoms with Crippen molar-refractivity contribution in [1.29, 1.82) is 0 Å². The van der Waals surface area contributed by atoms with Crippen molar-refractivity contribution in [2.24, 2.45) is 0 Å². The highest BCUT2D eigenvalue weighted by molar-refractivity contribution is 7.91. The highest BCUT2D eigenvalue weighted by atomic mass is 32.2. The van der Waals surface area contributed by atoms with Gasteiger partial charge >= 0.3 is 0 Å². The molecule has 0 spiro atoms. The summed E-state index contributed by atoms with van der Waals surface area (Å²) < 4.78 is 23.5. The summed E-state index contributed by atoms with van der Waals surface area (Å²) in [6, 6.07) is 1.44. The molecule has 2 saturated heterocycles. The summed E-state index contributed by atoms with van der Waals surface area (Å²) in [7, 11) is -3.03. The first-order valence-electron chi connectivity index (χ1n) is 9.01. The smallest absolute Gasteiger partial charge is 0.272 e. The Balaban J connectivity index is 1.84. The summed E-state index contributed by atoms with van der Waals surface area (Å²) in [5.74, 6) is 0.616. The average molecular weight is 366 g/mol. The van der Waals surface area contributed by atoms with Crippen molar-refractivity contribution in [3.63, 3.8) is 0 Å². The van der Waals surface area contributed by atoms with Gasteiger partial charge in [0.25, 0.3) is 5.91 Å². The molecule has 1 amide bonds. The van der Waals surface area contributed by atoms with Crippen molar-refractivity contribution in [2.45, 2.75) is 45.6 Å². The van der Waals surface area contributed by atoms with Crippen molar-refractivity contribution in [3.05, 3.63) is 17.5 Å². The van der Waals surface area contributed by atoms with E-state index < -0.39 is 9.84 Å². The number of carbonyl (C=O) groups excluding carboxylic acids is 1. The van der Waals surface area contributed by atoms with Crippen molar-refractivity contribution >= 4 is 21.7 Å². The van der Waals surface area contributed by atoms with Gasteiger partial charge in [0.1, 0.15) is 5.69 Å². The van der Waals surface area contributed by atoms with E-state index in [1.54, 1.807) is 11.0 Å². The molecule has 0 saturated carbocycles. The minimum Gasteiger partial charge on any atom is -0.341 e. The molecule has 0 aliphatic carbocycles. The molecular formula is C17H26N4O3S. The number of nitrogens with zero attached hydrogens (tertiary/aromatic N) is 4. The zero-order valence-corrected chi connectivity index (χ0v) is 15.8. The second-order valence-corrected chi connectivity index (χ2v) is 9.12. The Morgan fingerprint density at radius 1 is 1.28 bits per heavy atom. The molecule has 0 radical (unpaired) electrons. The van der Waals surface area contributed by atoms with Crippen LogP contribution in [0.4, 0.5) is 5.95 Å². The van der Waals surface area contributed by atoms with Crippen LogP contribution < -0.4 is 4.90 Å². The Kier molecular flexibility index (Phi) is 5.27. The summed E-state index contributed by atoms with van der Waals surface area (Å²) >= 11 is 0. The van der Waals surface area contributed by atoms with Crippen molar-refractivity contribution in [3.8, 4) is 0 Å².